The molecule has 144 valence electrons. The molecule has 1 N–H and O–H groups in total. The largest absolute Gasteiger partial charge is 0.497 e. The molecule has 1 amide bonds. The van der Waals surface area contributed by atoms with Crippen molar-refractivity contribution in [2.75, 3.05) is 32.8 Å². The van der Waals surface area contributed by atoms with Gasteiger partial charge in [0.2, 0.25) is 0 Å². The van der Waals surface area contributed by atoms with Crippen molar-refractivity contribution in [2.45, 2.75) is 6.92 Å². The fourth-order valence-electron chi connectivity index (χ4n) is 2.13. The number of anilines is 1. The van der Waals surface area contributed by atoms with E-state index in [1.54, 1.807) is 36.4 Å². The van der Waals surface area contributed by atoms with E-state index in [9.17, 15) is 9.59 Å². The van der Waals surface area contributed by atoms with Gasteiger partial charge in [0.15, 0.2) is 13.2 Å². The first kappa shape index (κ1) is 20.4. The number of hydrogen-bond donors (Lipinski definition) is 1. The Bertz CT molecular complexity index is 824. The van der Waals surface area contributed by atoms with Crippen molar-refractivity contribution in [3.63, 3.8) is 0 Å². The van der Waals surface area contributed by atoms with Crippen LogP contribution in [0.2, 0.25) is 5.02 Å². The Morgan fingerprint density at radius 1 is 1.00 bits per heavy atom. The summed E-state index contributed by atoms with van der Waals surface area (Å²) in [6.45, 7) is 1.05. The molecule has 27 heavy (non-hydrogen) atoms. The number of benzene rings is 2. The third-order valence-electron chi connectivity index (χ3n) is 3.53. The maximum Gasteiger partial charge on any atom is 0.344 e. The lowest BCUT2D eigenvalue weighted by atomic mass is 10.2. The summed E-state index contributed by atoms with van der Waals surface area (Å²) in [5.41, 5.74) is 1.24. The minimum atomic E-state index is -0.671. The first-order chi connectivity index (χ1) is 12.9. The molecule has 0 fully saturated rings. The van der Waals surface area contributed by atoms with Gasteiger partial charge in [-0.1, -0.05) is 11.6 Å². The lowest BCUT2D eigenvalue weighted by Crippen LogP contribution is -2.23. The summed E-state index contributed by atoms with van der Waals surface area (Å²) in [6, 6.07) is 9.98. The van der Waals surface area contributed by atoms with Gasteiger partial charge in [0, 0.05) is 11.1 Å². The molecule has 0 saturated heterocycles. The second-order valence-corrected chi connectivity index (χ2v) is 5.88. The molecule has 7 nitrogen and oxygen atoms in total. The number of hydrogen-bond acceptors (Lipinski definition) is 6. The molecule has 8 heteroatoms. The van der Waals surface area contributed by atoms with Gasteiger partial charge in [0.05, 0.1) is 19.9 Å². The van der Waals surface area contributed by atoms with Gasteiger partial charge in [0.25, 0.3) is 5.91 Å². The van der Waals surface area contributed by atoms with Crippen molar-refractivity contribution in [3.05, 3.63) is 47.0 Å². The fourth-order valence-corrected chi connectivity index (χ4v) is 2.25. The number of carbonyl (C=O) groups excluding carboxylic acids is 2. The van der Waals surface area contributed by atoms with Crippen LogP contribution in [0.3, 0.4) is 0 Å². The molecule has 0 aliphatic heterocycles. The number of nitrogens with one attached hydrogen (secondary N) is 1. The van der Waals surface area contributed by atoms with Crippen molar-refractivity contribution in [1.82, 2.24) is 0 Å². The Kier molecular flexibility index (Phi) is 7.31. The molecule has 0 unspecified atom stereocenters. The van der Waals surface area contributed by atoms with Crippen LogP contribution in [0.4, 0.5) is 5.69 Å². The normalized spacial score (nSPS) is 10.1. The number of halogens is 1. The van der Waals surface area contributed by atoms with Gasteiger partial charge < -0.3 is 24.3 Å². The van der Waals surface area contributed by atoms with Crippen LogP contribution >= 0.6 is 11.6 Å². The summed E-state index contributed by atoms with van der Waals surface area (Å²) in [5.74, 6) is 0.304. The van der Waals surface area contributed by atoms with Crippen LogP contribution in [-0.4, -0.2) is 39.3 Å². The lowest BCUT2D eigenvalue weighted by molar-refractivity contribution is -0.149. The lowest BCUT2D eigenvalue weighted by Gasteiger charge is -2.12. The first-order valence-corrected chi connectivity index (χ1v) is 8.37. The zero-order valence-corrected chi connectivity index (χ0v) is 16.0. The molecule has 2 aromatic carbocycles. The molecule has 0 bridgehead atoms. The Labute approximate surface area is 162 Å². The van der Waals surface area contributed by atoms with Crippen molar-refractivity contribution in [1.29, 1.82) is 0 Å². The summed E-state index contributed by atoms with van der Waals surface area (Å²) < 4.78 is 20.5. The molecular formula is C19H20ClNO6. The number of aryl methyl sites for hydroxylation is 1. The smallest absolute Gasteiger partial charge is 0.344 e. The van der Waals surface area contributed by atoms with Crippen LogP contribution in [0.1, 0.15) is 5.56 Å². The number of ether oxygens (including phenoxy) is 4. The first-order valence-electron chi connectivity index (χ1n) is 7.99. The number of amides is 1. The van der Waals surface area contributed by atoms with E-state index in [0.717, 1.165) is 5.56 Å². The van der Waals surface area contributed by atoms with E-state index in [4.69, 9.17) is 30.5 Å². The van der Waals surface area contributed by atoms with Crippen LogP contribution < -0.4 is 19.5 Å². The van der Waals surface area contributed by atoms with Crippen molar-refractivity contribution in [3.8, 4) is 17.2 Å². The van der Waals surface area contributed by atoms with Crippen LogP contribution in [0.25, 0.3) is 0 Å². The molecule has 0 aliphatic rings. The van der Waals surface area contributed by atoms with Crippen molar-refractivity contribution in [2.24, 2.45) is 0 Å². The minimum Gasteiger partial charge on any atom is -0.497 e. The Morgan fingerprint density at radius 2 is 1.74 bits per heavy atom. The summed E-state index contributed by atoms with van der Waals surface area (Å²) in [4.78, 5) is 23.8. The zero-order chi connectivity index (χ0) is 19.8. The van der Waals surface area contributed by atoms with E-state index in [2.05, 4.69) is 5.32 Å². The standard InChI is InChI=1S/C19H20ClNO6/c1-12-8-14(4-6-15(12)20)26-11-19(23)27-10-18(22)21-16-9-13(24-2)5-7-17(16)25-3/h4-9H,10-11H2,1-3H3,(H,21,22). The summed E-state index contributed by atoms with van der Waals surface area (Å²) in [7, 11) is 2.99. The van der Waals surface area contributed by atoms with E-state index in [1.165, 1.54) is 14.2 Å². The monoisotopic (exact) mass is 393 g/mol. The van der Waals surface area contributed by atoms with Gasteiger partial charge in [-0.05, 0) is 42.8 Å². The minimum absolute atomic E-state index is 0.323. The molecule has 0 spiro atoms. The van der Waals surface area contributed by atoms with Crippen LogP contribution in [0.5, 0.6) is 17.2 Å². The number of esters is 1. The summed E-state index contributed by atoms with van der Waals surface area (Å²) >= 11 is 5.93. The highest BCUT2D eigenvalue weighted by molar-refractivity contribution is 6.31. The third kappa shape index (κ3) is 6.07. The van der Waals surface area contributed by atoms with Crippen LogP contribution in [0, 0.1) is 6.92 Å². The topological polar surface area (TPSA) is 83.1 Å². The van der Waals surface area contributed by atoms with Gasteiger partial charge in [-0.15, -0.1) is 0 Å². The second-order valence-electron chi connectivity index (χ2n) is 5.47. The zero-order valence-electron chi connectivity index (χ0n) is 15.2. The Morgan fingerprint density at radius 3 is 2.41 bits per heavy atom. The molecule has 2 aromatic rings. The molecule has 0 saturated carbocycles. The van der Waals surface area contributed by atoms with Crippen LogP contribution in [0.15, 0.2) is 36.4 Å². The number of carbonyl (C=O) groups is 2. The van der Waals surface area contributed by atoms with Gasteiger partial charge >= 0.3 is 5.97 Å². The number of rotatable bonds is 8. The average Bonchev–Trinajstić information content (AvgIpc) is 2.67. The molecule has 0 heterocycles. The predicted molar refractivity (Wildman–Crippen MR) is 101 cm³/mol. The van der Waals surface area contributed by atoms with E-state index in [-0.39, 0.29) is 6.61 Å². The maximum atomic E-state index is 12.0. The highest BCUT2D eigenvalue weighted by Crippen LogP contribution is 2.28. The Hall–Kier alpha value is -2.93. The van der Waals surface area contributed by atoms with E-state index < -0.39 is 18.5 Å². The second kappa shape index (κ2) is 9.68. The summed E-state index contributed by atoms with van der Waals surface area (Å²) in [6.07, 6.45) is 0. The van der Waals surface area contributed by atoms with E-state index in [0.29, 0.717) is 28.0 Å². The highest BCUT2D eigenvalue weighted by atomic mass is 35.5. The van der Waals surface area contributed by atoms with E-state index >= 15 is 0 Å². The van der Waals surface area contributed by atoms with Gasteiger partial charge in [-0.2, -0.15) is 0 Å². The van der Waals surface area contributed by atoms with Gasteiger partial charge in [-0.3, -0.25) is 4.79 Å². The molecule has 0 atom stereocenters. The van der Waals surface area contributed by atoms with Crippen LogP contribution in [-0.2, 0) is 14.3 Å². The van der Waals surface area contributed by atoms with Gasteiger partial charge in [0.1, 0.15) is 17.2 Å². The third-order valence-corrected chi connectivity index (χ3v) is 3.96. The Balaban J connectivity index is 1.82. The quantitative estimate of drug-likeness (QED) is 0.693. The van der Waals surface area contributed by atoms with Gasteiger partial charge in [-0.25, -0.2) is 4.79 Å². The van der Waals surface area contributed by atoms with Crippen molar-refractivity contribution < 1.29 is 28.5 Å². The molecular weight excluding hydrogens is 374 g/mol. The average molecular weight is 394 g/mol. The molecule has 0 radical (unpaired) electrons. The fraction of sp³-hybridized carbons (Fsp3) is 0.263. The maximum absolute atomic E-state index is 12.0. The van der Waals surface area contributed by atoms with E-state index in [1.807, 2.05) is 6.92 Å². The predicted octanol–water partition coefficient (Wildman–Crippen LogP) is 3.23. The van der Waals surface area contributed by atoms with Crippen molar-refractivity contribution >= 4 is 29.2 Å². The SMILES string of the molecule is COc1ccc(OC)c(NC(=O)COC(=O)COc2ccc(Cl)c(C)c2)c1. The highest BCUT2D eigenvalue weighted by Gasteiger charge is 2.12. The molecule has 0 aromatic heterocycles. The molecule has 2 rings (SSSR count). The number of methoxy groups -OCH3 is 2. The summed E-state index contributed by atoms with van der Waals surface area (Å²) in [5, 5.41) is 3.21. The molecule has 0 aliphatic carbocycles.